The summed E-state index contributed by atoms with van der Waals surface area (Å²) in [6.45, 7) is 4.27. The van der Waals surface area contributed by atoms with Gasteiger partial charge in [-0.25, -0.2) is 4.68 Å². The number of hydrogen-bond donors (Lipinski definition) is 11. The Bertz CT molecular complexity index is 2310. The number of ketones is 4. The summed E-state index contributed by atoms with van der Waals surface area (Å²) in [6.07, 6.45) is 2.02. The maximum absolute atomic E-state index is 14.2. The van der Waals surface area contributed by atoms with Crippen molar-refractivity contribution in [2.24, 2.45) is 39.9 Å². The first-order chi connectivity index (χ1) is 37.0. The molecule has 27 nitrogen and oxygen atoms in total. The molecule has 1 aliphatic carbocycles. The molecule has 0 radical (unpaired) electrons. The molecule has 1 aliphatic heterocycles. The number of amides is 6. The summed E-state index contributed by atoms with van der Waals surface area (Å²) < 4.78 is 1.76. The van der Waals surface area contributed by atoms with E-state index in [-0.39, 0.29) is 82.3 Å². The van der Waals surface area contributed by atoms with Crippen molar-refractivity contribution in [3.63, 3.8) is 0 Å². The highest BCUT2D eigenvalue weighted by atomic mass is 33.1. The number of unbranched alkanes of at least 4 members (excludes halogenated alkanes) is 2. The summed E-state index contributed by atoms with van der Waals surface area (Å²) in [6, 6.07) is -5.71. The number of aliphatic imine (C=N–C) groups is 1. The zero-order valence-electron chi connectivity index (χ0n) is 44.5. The average molecular weight is 1140 g/mol. The molecule has 1 aromatic rings. The number of hydrogen-bond acceptors (Lipinski definition) is 18. The van der Waals surface area contributed by atoms with Gasteiger partial charge in [-0.2, -0.15) is 0 Å². The molecule has 14 N–H and O–H groups in total. The van der Waals surface area contributed by atoms with Gasteiger partial charge in [0.1, 0.15) is 35.5 Å². The molecule has 2 heterocycles. The quantitative estimate of drug-likeness (QED) is 0.0327. The maximum Gasteiger partial charge on any atom is 0.305 e. The molecule has 8 atom stereocenters. The molecule has 0 bridgehead atoms. The number of guanidine groups is 1. The number of Topliss-reactive ketones (excluding diaryl/α,β-unsaturated/α-hetero) is 4. The molecule has 1 saturated heterocycles. The van der Waals surface area contributed by atoms with E-state index < -0.39 is 143 Å². The number of rotatable bonds is 20. The van der Waals surface area contributed by atoms with E-state index in [4.69, 9.17) is 17.2 Å². The van der Waals surface area contributed by atoms with E-state index in [1.165, 1.54) is 6.92 Å². The Labute approximate surface area is 460 Å². The minimum atomic E-state index is -1.76. The second kappa shape index (κ2) is 34.4. The lowest BCUT2D eigenvalue weighted by atomic mass is 9.82. The normalized spacial score (nSPS) is 24.2. The lowest BCUT2D eigenvalue weighted by molar-refractivity contribution is -0.142. The highest BCUT2D eigenvalue weighted by molar-refractivity contribution is 8.77. The third kappa shape index (κ3) is 23.6. The van der Waals surface area contributed by atoms with E-state index in [2.05, 4.69) is 47.2 Å². The molecule has 2 fully saturated rings. The first-order valence-corrected chi connectivity index (χ1v) is 28.6. The monoisotopic (exact) mass is 1140 g/mol. The van der Waals surface area contributed by atoms with Gasteiger partial charge in [-0.15, -0.1) is 5.10 Å². The van der Waals surface area contributed by atoms with Crippen molar-refractivity contribution in [2.45, 2.75) is 165 Å². The van der Waals surface area contributed by atoms with Crippen LogP contribution in [-0.4, -0.2) is 163 Å². The number of nitrogens with two attached hydrogens (primary N) is 3. The second-order valence-electron chi connectivity index (χ2n) is 19.6. The fourth-order valence-corrected chi connectivity index (χ4v) is 11.6. The molecule has 0 aromatic carbocycles. The standard InChI is InChI=1S/C49H77N13O14S2/c1-27(2)62-30(23-56-61-62)10-4-5-15-41(67)58-36-26-77-78-40(28(3)63)24-54-45(73)29(21-43(69)70)20-39(66)32-12-8-11-31(32)37(64)16-17-38(65)33(13-6-7-18-50)59-47(75)35(22-44(71)72)57-42(68)25-55-46(74)34(60-48(36)76)14-9-19-53-49(51)52/h23,27,29,31-36,40H,4-22,24-26,50H2,1-3H3,(H,54,73)(H,55,74)(H,57,68)(H,58,67)(H,59,75)(H,60,76)(H,69,70)(H,71,72)(H4,51,52,53)/t29-,31?,32+,33-,34-,35-,36-,40+/m0/s1. The number of carboxylic acids is 2. The zero-order chi connectivity index (χ0) is 57.9. The van der Waals surface area contributed by atoms with Gasteiger partial charge < -0.3 is 59.3 Å². The number of carbonyl (C=O) groups is 12. The van der Waals surface area contributed by atoms with Crippen molar-refractivity contribution >= 4 is 98.1 Å². The van der Waals surface area contributed by atoms with E-state index in [1.54, 1.807) is 10.9 Å². The first-order valence-electron chi connectivity index (χ1n) is 26.2. The predicted molar refractivity (Wildman–Crippen MR) is 287 cm³/mol. The van der Waals surface area contributed by atoms with Gasteiger partial charge in [0.05, 0.1) is 48.5 Å². The molecule has 434 valence electrons. The second-order valence-corrected chi connectivity index (χ2v) is 22.3. The minimum Gasteiger partial charge on any atom is -0.481 e. The Hall–Kier alpha value is -6.49. The SMILES string of the molecule is CC(=O)[C@H]1CNC(=O)[C@H](CC(=O)O)CC(=O)[C@@H]2CCCC2C(=O)CCC(=O)[C@H](CCCCN)NC(=O)[C@H](CC(=O)O)NC(=O)CNC(=O)[C@H](CCCN=C(N)N)NC(=O)[C@@H](NC(=O)CCCCc2cnnn2C(C)C)CSS1. The number of aromatic nitrogens is 3. The van der Waals surface area contributed by atoms with E-state index in [9.17, 15) is 67.7 Å². The summed E-state index contributed by atoms with van der Waals surface area (Å²) in [7, 11) is 1.92. The topological polar surface area (TPSA) is 439 Å². The molecule has 6 amide bonds. The lowest BCUT2D eigenvalue weighted by Crippen LogP contribution is -2.56. The Morgan fingerprint density at radius 2 is 1.46 bits per heavy atom. The third-order valence-electron chi connectivity index (χ3n) is 13.1. The fraction of sp³-hybridized carbons (Fsp3) is 0.694. The smallest absolute Gasteiger partial charge is 0.305 e. The first kappa shape index (κ1) is 65.8. The van der Waals surface area contributed by atoms with Gasteiger partial charge in [-0.05, 0) is 91.5 Å². The molecular formula is C49H77N13O14S2. The zero-order valence-corrected chi connectivity index (χ0v) is 46.1. The molecule has 78 heavy (non-hydrogen) atoms. The van der Waals surface area contributed by atoms with Gasteiger partial charge in [-0.1, -0.05) is 33.2 Å². The van der Waals surface area contributed by atoms with Crippen molar-refractivity contribution in [3.8, 4) is 0 Å². The van der Waals surface area contributed by atoms with Crippen molar-refractivity contribution < 1.29 is 67.7 Å². The Morgan fingerprint density at radius 3 is 2.12 bits per heavy atom. The number of carbonyl (C=O) groups excluding carboxylic acids is 10. The minimum absolute atomic E-state index is 0.0124. The van der Waals surface area contributed by atoms with E-state index in [1.807, 2.05) is 13.8 Å². The fourth-order valence-electron chi connectivity index (χ4n) is 8.94. The molecule has 3 rings (SSSR count). The summed E-state index contributed by atoms with van der Waals surface area (Å²) in [5.41, 5.74) is 17.5. The van der Waals surface area contributed by atoms with Crippen LogP contribution in [0.1, 0.15) is 135 Å². The van der Waals surface area contributed by atoms with Crippen LogP contribution in [0.3, 0.4) is 0 Å². The van der Waals surface area contributed by atoms with Gasteiger partial charge in [-0.3, -0.25) is 62.5 Å². The van der Waals surface area contributed by atoms with Gasteiger partial charge in [0.15, 0.2) is 11.7 Å². The van der Waals surface area contributed by atoms with Crippen LogP contribution in [0.25, 0.3) is 0 Å². The molecule has 29 heteroatoms. The van der Waals surface area contributed by atoms with Crippen LogP contribution in [0, 0.1) is 17.8 Å². The van der Waals surface area contributed by atoms with Crippen LogP contribution in [-0.2, 0) is 64.0 Å². The highest BCUT2D eigenvalue weighted by Crippen LogP contribution is 2.36. The van der Waals surface area contributed by atoms with Gasteiger partial charge >= 0.3 is 11.9 Å². The van der Waals surface area contributed by atoms with E-state index in [0.717, 1.165) is 27.3 Å². The predicted octanol–water partition coefficient (Wildman–Crippen LogP) is -0.862. The van der Waals surface area contributed by atoms with Crippen molar-refractivity contribution in [2.75, 3.05) is 31.9 Å². The Kier molecular flexibility index (Phi) is 29.0. The van der Waals surface area contributed by atoms with Crippen molar-refractivity contribution in [1.29, 1.82) is 0 Å². The average Bonchev–Trinajstić information content (AvgIpc) is 4.07. The van der Waals surface area contributed by atoms with Crippen LogP contribution >= 0.6 is 21.6 Å². The molecule has 1 saturated carbocycles. The highest BCUT2D eigenvalue weighted by Gasteiger charge is 2.40. The van der Waals surface area contributed by atoms with Crippen molar-refractivity contribution in [3.05, 3.63) is 11.9 Å². The van der Waals surface area contributed by atoms with E-state index >= 15 is 0 Å². The lowest BCUT2D eigenvalue weighted by Gasteiger charge is -2.24. The number of fused-ring (bicyclic) bond motifs is 1. The number of aliphatic carboxylic acids is 2. The summed E-state index contributed by atoms with van der Waals surface area (Å²) in [5, 5.41) is 41.6. The molecule has 0 spiro atoms. The summed E-state index contributed by atoms with van der Waals surface area (Å²) in [4.78, 5) is 164. The Morgan fingerprint density at radius 1 is 0.795 bits per heavy atom. The van der Waals surface area contributed by atoms with Crippen molar-refractivity contribution in [1.82, 2.24) is 46.9 Å². The van der Waals surface area contributed by atoms with Gasteiger partial charge in [0.2, 0.25) is 35.4 Å². The maximum atomic E-state index is 14.2. The van der Waals surface area contributed by atoms with Crippen LogP contribution in [0.15, 0.2) is 11.2 Å². The van der Waals surface area contributed by atoms with Crippen LogP contribution < -0.4 is 49.1 Å². The number of aryl methyl sites for hydroxylation is 1. The summed E-state index contributed by atoms with van der Waals surface area (Å²) in [5.74, 6) is -13.6. The van der Waals surface area contributed by atoms with Gasteiger partial charge in [0.25, 0.3) is 0 Å². The van der Waals surface area contributed by atoms with Crippen LogP contribution in [0.2, 0.25) is 0 Å². The number of nitrogens with one attached hydrogen (secondary N) is 6. The number of nitrogens with zero attached hydrogens (tertiary/aromatic N) is 4. The molecular weight excluding hydrogens is 1060 g/mol. The van der Waals surface area contributed by atoms with Crippen LogP contribution in [0.4, 0.5) is 0 Å². The van der Waals surface area contributed by atoms with Gasteiger partial charge in [0, 0.05) is 62.4 Å². The molecule has 1 aromatic heterocycles. The molecule has 2 aliphatic rings. The number of carboxylic acid groups (broad SMARTS) is 2. The largest absolute Gasteiger partial charge is 0.481 e. The van der Waals surface area contributed by atoms with E-state index in [0.29, 0.717) is 44.9 Å². The third-order valence-corrected chi connectivity index (χ3v) is 15.9. The summed E-state index contributed by atoms with van der Waals surface area (Å²) >= 11 is 0. The Balaban J connectivity index is 2.00. The molecule has 1 unspecified atom stereocenters. The van der Waals surface area contributed by atoms with Crippen LogP contribution in [0.5, 0.6) is 0 Å².